The molecule has 0 heterocycles. The van der Waals surface area contributed by atoms with Crippen LogP contribution in [-0.4, -0.2) is 54.4 Å². The van der Waals surface area contributed by atoms with E-state index in [1.165, 1.54) is 0 Å². The molecule has 0 amide bonds. The van der Waals surface area contributed by atoms with E-state index >= 15 is 0 Å². The van der Waals surface area contributed by atoms with Crippen LogP contribution in [0.3, 0.4) is 0 Å². The molecule has 0 aromatic heterocycles. The Labute approximate surface area is 73.3 Å². The minimum absolute atomic E-state index is 0.395. The van der Waals surface area contributed by atoms with Gasteiger partial charge in [-0.2, -0.15) is 0 Å². The Kier molecular flexibility index (Phi) is 5.46. The van der Waals surface area contributed by atoms with Crippen molar-refractivity contribution in [1.82, 2.24) is 9.80 Å². The third-order valence-electron chi connectivity index (χ3n) is 1.48. The lowest BCUT2D eigenvalue weighted by atomic mass is 10.4. The van der Waals surface area contributed by atoms with E-state index in [2.05, 4.69) is 60.4 Å². The molecule has 0 bridgehead atoms. The molecule has 0 unspecified atom stereocenters. The molecule has 0 aliphatic heterocycles. The zero-order valence-corrected chi connectivity index (χ0v) is 8.83. The molecule has 0 spiro atoms. The van der Waals surface area contributed by atoms with Crippen LogP contribution in [-0.2, 0) is 0 Å². The summed E-state index contributed by atoms with van der Waals surface area (Å²) in [5, 5.41) is 0. The highest BCUT2D eigenvalue weighted by molar-refractivity contribution is 6.09. The molecule has 3 radical (unpaired) electrons. The van der Waals surface area contributed by atoms with E-state index in [9.17, 15) is 0 Å². The standard InChI is InChI=1S/C8H17N2Si/c1-9(2)8(10(3)4)6-5-7-11/h5-6,8H,7H2,1-4H3. The number of allylic oxidation sites excluding steroid dienone is 1. The molecule has 0 atom stereocenters. The van der Waals surface area contributed by atoms with Gasteiger partial charge in [0.15, 0.2) is 0 Å². The Morgan fingerprint density at radius 1 is 1.18 bits per heavy atom. The second-order valence-corrected chi connectivity index (χ2v) is 3.38. The molecule has 0 rings (SSSR count). The zero-order valence-electron chi connectivity index (χ0n) is 7.83. The molecule has 3 heteroatoms. The van der Waals surface area contributed by atoms with Crippen LogP contribution in [0.15, 0.2) is 12.2 Å². The van der Waals surface area contributed by atoms with Crippen molar-refractivity contribution in [2.24, 2.45) is 0 Å². The Morgan fingerprint density at radius 2 is 1.64 bits per heavy atom. The minimum Gasteiger partial charge on any atom is -0.291 e. The maximum atomic E-state index is 3.40. The molecule has 0 N–H and O–H groups in total. The lowest BCUT2D eigenvalue weighted by molar-refractivity contribution is 0.173. The van der Waals surface area contributed by atoms with E-state index in [0.29, 0.717) is 6.17 Å². The van der Waals surface area contributed by atoms with Gasteiger partial charge in [-0.15, -0.1) is 0 Å². The van der Waals surface area contributed by atoms with E-state index in [0.717, 1.165) is 6.04 Å². The summed E-state index contributed by atoms with van der Waals surface area (Å²) in [7, 11) is 11.7. The van der Waals surface area contributed by atoms with Gasteiger partial charge in [-0.1, -0.05) is 12.2 Å². The molecule has 2 nitrogen and oxygen atoms in total. The van der Waals surface area contributed by atoms with Crippen LogP contribution in [0.4, 0.5) is 0 Å². The highest BCUT2D eigenvalue weighted by atomic mass is 28.1. The fraction of sp³-hybridized carbons (Fsp3) is 0.750. The molecule has 63 valence electrons. The average molecular weight is 169 g/mol. The van der Waals surface area contributed by atoms with Crippen LogP contribution < -0.4 is 0 Å². The lowest BCUT2D eigenvalue weighted by Gasteiger charge is -2.27. The third-order valence-corrected chi connectivity index (χ3v) is 1.72. The molecule has 0 aliphatic rings. The summed E-state index contributed by atoms with van der Waals surface area (Å²) in [4.78, 5) is 4.33. The number of rotatable bonds is 4. The highest BCUT2D eigenvalue weighted by Crippen LogP contribution is 1.98. The van der Waals surface area contributed by atoms with Crippen molar-refractivity contribution < 1.29 is 0 Å². The Bertz CT molecular complexity index is 113. The van der Waals surface area contributed by atoms with Crippen LogP contribution in [0.5, 0.6) is 0 Å². The first-order chi connectivity index (χ1) is 5.09. The van der Waals surface area contributed by atoms with Crippen LogP contribution in [0, 0.1) is 0 Å². The van der Waals surface area contributed by atoms with Gasteiger partial charge in [0.25, 0.3) is 0 Å². The molecule has 0 aliphatic carbocycles. The summed E-state index contributed by atoms with van der Waals surface area (Å²) in [6, 6.07) is 0.915. The van der Waals surface area contributed by atoms with Crippen molar-refractivity contribution in [2.75, 3.05) is 28.2 Å². The molecule has 0 fully saturated rings. The summed E-state index contributed by atoms with van der Waals surface area (Å²) >= 11 is 0. The maximum absolute atomic E-state index is 3.40. The van der Waals surface area contributed by atoms with Crippen LogP contribution in [0.2, 0.25) is 6.04 Å². The summed E-state index contributed by atoms with van der Waals surface area (Å²) in [5.41, 5.74) is 0. The minimum atomic E-state index is 0.395. The monoisotopic (exact) mass is 169 g/mol. The smallest absolute Gasteiger partial charge is 0.0804 e. The van der Waals surface area contributed by atoms with E-state index < -0.39 is 0 Å². The molecule has 11 heavy (non-hydrogen) atoms. The summed E-state index contributed by atoms with van der Waals surface area (Å²) in [6.07, 6.45) is 4.68. The van der Waals surface area contributed by atoms with Crippen molar-refractivity contribution >= 4 is 10.2 Å². The van der Waals surface area contributed by atoms with Gasteiger partial charge in [0.05, 0.1) is 6.17 Å². The number of nitrogens with zero attached hydrogens (tertiary/aromatic N) is 2. The predicted octanol–water partition coefficient (Wildman–Crippen LogP) is 0.579. The van der Waals surface area contributed by atoms with Gasteiger partial charge in [0, 0.05) is 10.2 Å². The number of hydrogen-bond donors (Lipinski definition) is 0. The number of likely N-dealkylation sites (N-methyl/N-ethyl adjacent to an activating group) is 2. The van der Waals surface area contributed by atoms with Crippen molar-refractivity contribution in [3.8, 4) is 0 Å². The van der Waals surface area contributed by atoms with Crippen molar-refractivity contribution in [3.63, 3.8) is 0 Å². The summed E-state index contributed by atoms with van der Waals surface area (Å²) < 4.78 is 0. The average Bonchev–Trinajstić information content (AvgIpc) is 1.87. The van der Waals surface area contributed by atoms with Gasteiger partial charge in [0.2, 0.25) is 0 Å². The van der Waals surface area contributed by atoms with Gasteiger partial charge in [-0.05, 0) is 34.2 Å². The molecular weight excluding hydrogens is 152 g/mol. The molecular formula is C8H17N2Si. The normalized spacial score (nSPS) is 12.7. The Morgan fingerprint density at radius 3 is 1.91 bits per heavy atom. The second-order valence-electron chi connectivity index (χ2n) is 2.97. The summed E-state index contributed by atoms with van der Waals surface area (Å²) in [5.74, 6) is 0. The quantitative estimate of drug-likeness (QED) is 0.345. The first kappa shape index (κ1) is 10.9. The SMILES string of the molecule is CN(C)C(C=CC[Si])N(C)C. The van der Waals surface area contributed by atoms with Gasteiger partial charge in [-0.25, -0.2) is 0 Å². The van der Waals surface area contributed by atoms with Gasteiger partial charge < -0.3 is 0 Å². The molecule has 0 aromatic carbocycles. The zero-order chi connectivity index (χ0) is 8.85. The maximum Gasteiger partial charge on any atom is 0.0804 e. The van der Waals surface area contributed by atoms with E-state index in [1.807, 2.05) is 0 Å². The highest BCUT2D eigenvalue weighted by Gasteiger charge is 2.07. The topological polar surface area (TPSA) is 6.48 Å². The Balaban J connectivity index is 4.00. The Hall–Kier alpha value is -0.123. The van der Waals surface area contributed by atoms with E-state index in [4.69, 9.17) is 0 Å². The van der Waals surface area contributed by atoms with Gasteiger partial charge in [-0.3, -0.25) is 9.80 Å². The predicted molar refractivity (Wildman–Crippen MR) is 50.9 cm³/mol. The fourth-order valence-corrected chi connectivity index (χ4v) is 1.13. The molecule has 0 saturated heterocycles. The van der Waals surface area contributed by atoms with E-state index in [1.54, 1.807) is 0 Å². The first-order valence-electron chi connectivity index (χ1n) is 3.73. The first-order valence-corrected chi connectivity index (χ1v) is 4.44. The number of hydrogen-bond acceptors (Lipinski definition) is 2. The summed E-state index contributed by atoms with van der Waals surface area (Å²) in [6.45, 7) is 0. The fourth-order valence-electron chi connectivity index (χ4n) is 0.996. The molecule has 0 aromatic rings. The second kappa shape index (κ2) is 5.52. The lowest BCUT2D eigenvalue weighted by Crippen LogP contribution is -2.38. The van der Waals surface area contributed by atoms with Crippen LogP contribution >= 0.6 is 0 Å². The van der Waals surface area contributed by atoms with Gasteiger partial charge in [0.1, 0.15) is 0 Å². The van der Waals surface area contributed by atoms with Gasteiger partial charge >= 0.3 is 0 Å². The largest absolute Gasteiger partial charge is 0.291 e. The van der Waals surface area contributed by atoms with Crippen molar-refractivity contribution in [2.45, 2.75) is 12.2 Å². The van der Waals surface area contributed by atoms with Crippen LogP contribution in [0.1, 0.15) is 0 Å². The van der Waals surface area contributed by atoms with Crippen molar-refractivity contribution in [3.05, 3.63) is 12.2 Å². The van der Waals surface area contributed by atoms with E-state index in [-0.39, 0.29) is 0 Å². The molecule has 0 saturated carbocycles. The van der Waals surface area contributed by atoms with Crippen molar-refractivity contribution in [1.29, 1.82) is 0 Å². The van der Waals surface area contributed by atoms with Crippen LogP contribution in [0.25, 0.3) is 0 Å². The third kappa shape index (κ3) is 4.34.